The molecule has 0 saturated carbocycles. The number of carbonyl (C=O) groups is 1. The maximum Gasteiger partial charge on any atom is 0.255 e. The first-order chi connectivity index (χ1) is 13.3. The van der Waals surface area contributed by atoms with Crippen LogP contribution in [0, 0.1) is 0 Å². The average molecular weight is 438 g/mol. The van der Waals surface area contributed by atoms with E-state index >= 15 is 0 Å². The maximum absolute atomic E-state index is 12.6. The first kappa shape index (κ1) is 21.2. The quantitative estimate of drug-likeness (QED) is 0.701. The van der Waals surface area contributed by atoms with E-state index < -0.39 is 11.0 Å². The van der Waals surface area contributed by atoms with Crippen LogP contribution in [0.25, 0.3) is 0 Å². The van der Waals surface area contributed by atoms with E-state index in [2.05, 4.69) is 17.6 Å². The number of fused-ring (bicyclic) bond motifs is 1. The Bertz CT molecular complexity index is 920. The zero-order chi connectivity index (χ0) is 20.4. The Labute approximate surface area is 177 Å². The number of amides is 1. The molecule has 2 aromatic rings. The van der Waals surface area contributed by atoms with Crippen molar-refractivity contribution in [1.82, 2.24) is 4.31 Å². The predicted octanol–water partition coefficient (Wildman–Crippen LogP) is 4.86. The van der Waals surface area contributed by atoms with Crippen molar-refractivity contribution in [3.63, 3.8) is 0 Å². The smallest absolute Gasteiger partial charge is 0.255 e. The number of nitrogens with zero attached hydrogens (tertiary/aromatic N) is 1. The summed E-state index contributed by atoms with van der Waals surface area (Å²) in [5.41, 5.74) is 2.12. The van der Waals surface area contributed by atoms with Crippen molar-refractivity contribution in [2.45, 2.75) is 41.9 Å². The fraction of sp³-hybridized carbons (Fsp3) is 0.350. The van der Waals surface area contributed by atoms with Crippen molar-refractivity contribution in [1.29, 1.82) is 0 Å². The van der Waals surface area contributed by atoms with Gasteiger partial charge in [0.05, 0.1) is 9.92 Å². The minimum absolute atomic E-state index is 0.120. The first-order valence-corrected chi connectivity index (χ1v) is 11.4. The highest BCUT2D eigenvalue weighted by atomic mass is 35.5. The molecule has 0 aliphatic carbocycles. The Morgan fingerprint density at radius 1 is 1.32 bits per heavy atom. The summed E-state index contributed by atoms with van der Waals surface area (Å²) < 4.78 is 14.3. The van der Waals surface area contributed by atoms with Crippen LogP contribution in [0.1, 0.15) is 31.1 Å². The number of hydrogen-bond acceptors (Lipinski definition) is 4. The van der Waals surface area contributed by atoms with E-state index in [-0.39, 0.29) is 11.9 Å². The van der Waals surface area contributed by atoms with Crippen LogP contribution in [-0.2, 0) is 11.0 Å². The van der Waals surface area contributed by atoms with E-state index in [4.69, 9.17) is 11.6 Å². The summed E-state index contributed by atoms with van der Waals surface area (Å²) in [6.45, 7) is 6.97. The zero-order valence-corrected chi connectivity index (χ0v) is 18.7. The third-order valence-electron chi connectivity index (χ3n) is 4.52. The number of benzene rings is 2. The molecule has 8 heteroatoms. The maximum atomic E-state index is 12.6. The van der Waals surface area contributed by atoms with Crippen molar-refractivity contribution < 1.29 is 9.00 Å². The molecule has 1 heterocycles. The van der Waals surface area contributed by atoms with Gasteiger partial charge in [0.1, 0.15) is 11.0 Å². The topological polar surface area (TPSA) is 61.4 Å². The highest BCUT2D eigenvalue weighted by Crippen LogP contribution is 2.35. The van der Waals surface area contributed by atoms with E-state index in [0.29, 0.717) is 26.4 Å². The predicted molar refractivity (Wildman–Crippen MR) is 119 cm³/mol. The van der Waals surface area contributed by atoms with Crippen LogP contribution in [0.15, 0.2) is 46.2 Å². The summed E-state index contributed by atoms with van der Waals surface area (Å²) in [6.07, 6.45) is 0. The number of hydrogen-bond donors (Lipinski definition) is 2. The molecule has 2 unspecified atom stereocenters. The number of rotatable bonds is 5. The number of anilines is 2. The summed E-state index contributed by atoms with van der Waals surface area (Å²) >= 11 is 8.13. The summed E-state index contributed by atoms with van der Waals surface area (Å²) in [6, 6.07) is 10.8. The Morgan fingerprint density at radius 2 is 2.07 bits per heavy atom. The van der Waals surface area contributed by atoms with Crippen molar-refractivity contribution in [3.05, 3.63) is 47.0 Å². The summed E-state index contributed by atoms with van der Waals surface area (Å²) in [5, 5.41) is 7.09. The lowest BCUT2D eigenvalue weighted by Crippen LogP contribution is -2.28. The summed E-state index contributed by atoms with van der Waals surface area (Å²) in [5.74, 6) is -0.211. The SMILES string of the molecule is CC1CNc2cc(C(=O)Nc3ccc(S(=O)N(C)C(C)C)c(Cl)c3)ccc2S1. The van der Waals surface area contributed by atoms with E-state index in [0.717, 1.165) is 17.1 Å². The third-order valence-corrected chi connectivity index (χ3v) is 7.80. The van der Waals surface area contributed by atoms with Crippen molar-refractivity contribution in [2.75, 3.05) is 24.2 Å². The lowest BCUT2D eigenvalue weighted by Gasteiger charge is -2.23. The molecule has 1 amide bonds. The van der Waals surface area contributed by atoms with Crippen LogP contribution in [0.3, 0.4) is 0 Å². The van der Waals surface area contributed by atoms with Gasteiger partial charge in [-0.15, -0.1) is 11.8 Å². The molecular weight excluding hydrogens is 414 g/mol. The van der Waals surface area contributed by atoms with Gasteiger partial charge >= 0.3 is 0 Å². The second kappa shape index (κ2) is 8.86. The average Bonchev–Trinajstić information content (AvgIpc) is 2.66. The second-order valence-electron chi connectivity index (χ2n) is 7.01. The van der Waals surface area contributed by atoms with E-state index in [1.54, 1.807) is 41.3 Å². The molecule has 28 heavy (non-hydrogen) atoms. The summed E-state index contributed by atoms with van der Waals surface area (Å²) in [4.78, 5) is 14.3. The van der Waals surface area contributed by atoms with Crippen molar-refractivity contribution >= 4 is 51.6 Å². The van der Waals surface area contributed by atoms with E-state index in [1.807, 2.05) is 32.0 Å². The van der Waals surface area contributed by atoms with Crippen molar-refractivity contribution in [2.24, 2.45) is 0 Å². The van der Waals surface area contributed by atoms with Crippen LogP contribution in [-0.4, -0.2) is 39.3 Å². The van der Waals surface area contributed by atoms with Gasteiger partial charge in [0.25, 0.3) is 5.91 Å². The molecular formula is C20H24ClN3O2S2. The van der Waals surface area contributed by atoms with E-state index in [1.165, 1.54) is 0 Å². The summed E-state index contributed by atoms with van der Waals surface area (Å²) in [7, 11) is 0.434. The Hall–Kier alpha value is -1.54. The molecule has 2 N–H and O–H groups in total. The van der Waals surface area contributed by atoms with E-state index in [9.17, 15) is 9.00 Å². The van der Waals surface area contributed by atoms with Gasteiger partial charge in [0.15, 0.2) is 0 Å². The molecule has 1 aliphatic rings. The number of halogens is 1. The molecule has 150 valence electrons. The van der Waals surface area contributed by atoms with Crippen molar-refractivity contribution in [3.8, 4) is 0 Å². The number of thioether (sulfide) groups is 1. The molecule has 0 bridgehead atoms. The molecule has 0 aromatic heterocycles. The molecule has 1 aliphatic heterocycles. The van der Waals surface area contributed by atoms with Crippen LogP contribution in [0.5, 0.6) is 0 Å². The first-order valence-electron chi connectivity index (χ1n) is 9.06. The monoisotopic (exact) mass is 437 g/mol. The van der Waals surface area contributed by atoms with Gasteiger partial charge in [-0.3, -0.25) is 4.79 Å². The van der Waals surface area contributed by atoms with Gasteiger partial charge in [-0.1, -0.05) is 18.5 Å². The van der Waals surface area contributed by atoms with Gasteiger partial charge in [-0.2, -0.15) is 0 Å². The minimum Gasteiger partial charge on any atom is -0.383 e. The molecule has 0 spiro atoms. The Balaban J connectivity index is 1.74. The molecule has 3 rings (SSSR count). The molecule has 0 saturated heterocycles. The lowest BCUT2D eigenvalue weighted by molar-refractivity contribution is 0.102. The number of carbonyl (C=O) groups excluding carboxylic acids is 1. The number of nitrogens with one attached hydrogen (secondary N) is 2. The van der Waals surface area contributed by atoms with Crippen LogP contribution >= 0.6 is 23.4 Å². The Kier molecular flexibility index (Phi) is 6.70. The Morgan fingerprint density at radius 3 is 2.75 bits per heavy atom. The van der Waals surface area contributed by atoms with Gasteiger partial charge in [-0.05, 0) is 50.2 Å². The van der Waals surface area contributed by atoms with Gasteiger partial charge in [-0.25, -0.2) is 8.51 Å². The third kappa shape index (κ3) is 4.71. The van der Waals surface area contributed by atoms with Crippen LogP contribution in [0.4, 0.5) is 11.4 Å². The normalized spacial score (nSPS) is 17.2. The van der Waals surface area contributed by atoms with Crippen LogP contribution in [0.2, 0.25) is 5.02 Å². The second-order valence-corrected chi connectivity index (χ2v) is 10.4. The molecule has 2 atom stereocenters. The molecule has 0 fully saturated rings. The zero-order valence-electron chi connectivity index (χ0n) is 16.3. The van der Waals surface area contributed by atoms with Gasteiger partial charge < -0.3 is 10.6 Å². The molecule has 0 radical (unpaired) electrons. The largest absolute Gasteiger partial charge is 0.383 e. The fourth-order valence-electron chi connectivity index (χ4n) is 2.69. The van der Waals surface area contributed by atoms with Gasteiger partial charge in [0, 0.05) is 46.7 Å². The standard InChI is InChI=1S/C20H24ClN3O2S2/c1-12(2)24(4)28(26)19-8-6-15(10-16(19)21)23-20(25)14-5-7-18-17(9-14)22-11-13(3)27-18/h5-10,12-13,22H,11H2,1-4H3,(H,23,25). The van der Waals surface area contributed by atoms with Crippen LogP contribution < -0.4 is 10.6 Å². The van der Waals surface area contributed by atoms with Gasteiger partial charge in [0.2, 0.25) is 0 Å². The highest BCUT2D eigenvalue weighted by Gasteiger charge is 2.19. The molecule has 5 nitrogen and oxygen atoms in total. The lowest BCUT2D eigenvalue weighted by atomic mass is 10.1. The minimum atomic E-state index is -1.35. The fourth-order valence-corrected chi connectivity index (χ4v) is 5.18. The highest BCUT2D eigenvalue weighted by molar-refractivity contribution is 8.00. The molecule has 2 aromatic carbocycles.